The van der Waals surface area contributed by atoms with E-state index >= 15 is 0 Å². The molecule has 0 amide bonds. The van der Waals surface area contributed by atoms with Crippen molar-refractivity contribution < 1.29 is 24.1 Å². The summed E-state index contributed by atoms with van der Waals surface area (Å²) in [5.74, 6) is 3.24. The second kappa shape index (κ2) is 9.84. The molecule has 0 radical (unpaired) electrons. The molecule has 0 aromatic rings. The fourth-order valence-corrected chi connectivity index (χ4v) is 10.0. The van der Waals surface area contributed by atoms with E-state index in [9.17, 15) is 5.11 Å². The molecule has 202 valence electrons. The van der Waals surface area contributed by atoms with Crippen LogP contribution >= 0.6 is 0 Å². The van der Waals surface area contributed by atoms with Crippen LogP contribution in [-0.4, -0.2) is 49.2 Å². The van der Waals surface area contributed by atoms with E-state index in [4.69, 9.17) is 18.9 Å². The molecule has 1 heterocycles. The standard InChI is InChI=1S/C30H52O5/c1-6-32-22(3)33-16-8-7-13-29(31)15-12-25-24-10-9-23-20-30(34-17-18-35-30)19-21(2)28(23,5)26(24)11-14-27(25,29)4/h21-26,31H,6-20H2,1-5H3/t21-,22?,23-,24-,25-,26-,27-,28-,29-/m0/s1. The number of aliphatic hydroxyl groups is 1. The van der Waals surface area contributed by atoms with Crippen LogP contribution in [0.4, 0.5) is 0 Å². The molecule has 1 unspecified atom stereocenters. The van der Waals surface area contributed by atoms with E-state index in [1.807, 2.05) is 13.8 Å². The van der Waals surface area contributed by atoms with Crippen molar-refractivity contribution in [2.24, 2.45) is 40.4 Å². The molecule has 1 aliphatic heterocycles. The maximum absolute atomic E-state index is 12.0. The lowest BCUT2D eigenvalue weighted by Gasteiger charge is -2.64. The van der Waals surface area contributed by atoms with Crippen molar-refractivity contribution in [1.82, 2.24) is 0 Å². The van der Waals surface area contributed by atoms with Gasteiger partial charge in [0.05, 0.1) is 18.8 Å². The Hall–Kier alpha value is -0.200. The van der Waals surface area contributed by atoms with Crippen LogP contribution in [0.1, 0.15) is 105 Å². The van der Waals surface area contributed by atoms with Gasteiger partial charge in [-0.05, 0) is 112 Å². The second-order valence-corrected chi connectivity index (χ2v) is 13.3. The fourth-order valence-electron chi connectivity index (χ4n) is 10.0. The quantitative estimate of drug-likeness (QED) is 0.317. The summed E-state index contributed by atoms with van der Waals surface area (Å²) in [6.07, 6.45) is 12.2. The molecule has 0 bridgehead atoms. The largest absolute Gasteiger partial charge is 0.389 e. The summed E-state index contributed by atoms with van der Waals surface area (Å²) in [7, 11) is 0. The first-order valence-corrected chi connectivity index (χ1v) is 14.9. The molecule has 5 rings (SSSR count). The van der Waals surface area contributed by atoms with Gasteiger partial charge in [-0.2, -0.15) is 0 Å². The maximum atomic E-state index is 12.0. The maximum Gasteiger partial charge on any atom is 0.169 e. The number of fused-ring (bicyclic) bond motifs is 5. The summed E-state index contributed by atoms with van der Waals surface area (Å²) in [4.78, 5) is 0. The van der Waals surface area contributed by atoms with Crippen molar-refractivity contribution in [2.45, 2.75) is 123 Å². The van der Waals surface area contributed by atoms with Crippen molar-refractivity contribution >= 4 is 0 Å². The predicted octanol–water partition coefficient (Wildman–Crippen LogP) is 6.32. The first-order chi connectivity index (χ1) is 16.7. The molecule has 5 heteroatoms. The molecule has 1 N–H and O–H groups in total. The second-order valence-electron chi connectivity index (χ2n) is 13.3. The van der Waals surface area contributed by atoms with Gasteiger partial charge in [0.2, 0.25) is 0 Å². The molecule has 5 aliphatic rings. The smallest absolute Gasteiger partial charge is 0.169 e. The van der Waals surface area contributed by atoms with E-state index in [1.165, 1.54) is 32.1 Å². The summed E-state index contributed by atoms with van der Waals surface area (Å²) < 4.78 is 23.6. The number of hydrogen-bond acceptors (Lipinski definition) is 5. The van der Waals surface area contributed by atoms with Crippen molar-refractivity contribution in [3.8, 4) is 0 Å². The lowest BCUT2D eigenvalue weighted by molar-refractivity contribution is -0.250. The molecular formula is C30H52O5. The third kappa shape index (κ3) is 4.33. The molecular weight excluding hydrogens is 440 g/mol. The van der Waals surface area contributed by atoms with Gasteiger partial charge in [-0.25, -0.2) is 0 Å². The van der Waals surface area contributed by atoms with Crippen molar-refractivity contribution in [2.75, 3.05) is 26.4 Å². The van der Waals surface area contributed by atoms with Crippen LogP contribution in [0.15, 0.2) is 0 Å². The van der Waals surface area contributed by atoms with Crippen molar-refractivity contribution in [3.05, 3.63) is 0 Å². The minimum Gasteiger partial charge on any atom is -0.389 e. The normalized spacial score (nSPS) is 47.3. The SMILES string of the molecule is CCOC(C)OCCCC[C@]1(O)CC[C@H]2[C@@H]3CC[C@H]4CC5(C[C@H](C)[C@]4(C)[C@H]3CC[C@@]21C)OCCO5. The third-order valence-corrected chi connectivity index (χ3v) is 12.1. The molecule has 4 saturated carbocycles. The summed E-state index contributed by atoms with van der Waals surface area (Å²) in [6.45, 7) is 14.4. The molecule has 4 aliphatic carbocycles. The summed E-state index contributed by atoms with van der Waals surface area (Å²) >= 11 is 0. The van der Waals surface area contributed by atoms with Gasteiger partial charge < -0.3 is 24.1 Å². The minimum absolute atomic E-state index is 0.0631. The Labute approximate surface area is 214 Å². The Balaban J connectivity index is 1.23. The molecule has 0 aromatic carbocycles. The predicted molar refractivity (Wildman–Crippen MR) is 137 cm³/mol. The highest BCUT2D eigenvalue weighted by Gasteiger charge is 2.66. The van der Waals surface area contributed by atoms with Crippen LogP contribution in [0.3, 0.4) is 0 Å². The number of unbranched alkanes of at least 4 members (excludes halogenated alkanes) is 1. The first kappa shape index (κ1) is 26.4. The van der Waals surface area contributed by atoms with E-state index < -0.39 is 5.60 Å². The van der Waals surface area contributed by atoms with Crippen LogP contribution in [0.2, 0.25) is 0 Å². The van der Waals surface area contributed by atoms with E-state index in [1.54, 1.807) is 0 Å². The van der Waals surface area contributed by atoms with Crippen LogP contribution in [0, 0.1) is 40.4 Å². The third-order valence-electron chi connectivity index (χ3n) is 12.1. The molecule has 1 spiro atoms. The Morgan fingerprint density at radius 3 is 2.43 bits per heavy atom. The highest BCUT2D eigenvalue weighted by atomic mass is 16.7. The van der Waals surface area contributed by atoms with Gasteiger partial charge in [0.15, 0.2) is 12.1 Å². The van der Waals surface area contributed by atoms with Crippen molar-refractivity contribution in [3.63, 3.8) is 0 Å². The Morgan fingerprint density at radius 1 is 0.943 bits per heavy atom. The zero-order valence-electron chi connectivity index (χ0n) is 23.2. The van der Waals surface area contributed by atoms with Gasteiger partial charge in [0, 0.05) is 26.1 Å². The molecule has 0 aromatic heterocycles. The number of ether oxygens (including phenoxy) is 4. The van der Waals surface area contributed by atoms with Crippen LogP contribution in [0.25, 0.3) is 0 Å². The highest BCUT2D eigenvalue weighted by molar-refractivity contribution is 5.15. The Morgan fingerprint density at radius 2 is 1.69 bits per heavy atom. The van der Waals surface area contributed by atoms with Crippen molar-refractivity contribution in [1.29, 1.82) is 0 Å². The number of rotatable bonds is 8. The van der Waals surface area contributed by atoms with Gasteiger partial charge in [-0.1, -0.05) is 20.8 Å². The van der Waals surface area contributed by atoms with E-state index in [2.05, 4.69) is 20.8 Å². The minimum atomic E-state index is -0.514. The molecule has 1 saturated heterocycles. The van der Waals surface area contributed by atoms with Gasteiger partial charge >= 0.3 is 0 Å². The van der Waals surface area contributed by atoms with Gasteiger partial charge in [0.25, 0.3) is 0 Å². The monoisotopic (exact) mass is 492 g/mol. The lowest BCUT2D eigenvalue weighted by Crippen LogP contribution is -2.60. The Bertz CT molecular complexity index is 736. The summed E-state index contributed by atoms with van der Waals surface area (Å²) in [5, 5.41) is 12.0. The zero-order valence-corrected chi connectivity index (χ0v) is 23.2. The fraction of sp³-hybridized carbons (Fsp3) is 1.00. The molecule has 9 atom stereocenters. The van der Waals surface area contributed by atoms with E-state index in [0.717, 1.165) is 63.6 Å². The summed E-state index contributed by atoms with van der Waals surface area (Å²) in [5.41, 5.74) is -0.0760. The average molecular weight is 493 g/mol. The Kier molecular flexibility index (Phi) is 7.42. The van der Waals surface area contributed by atoms with Gasteiger partial charge in [-0.3, -0.25) is 0 Å². The van der Waals surface area contributed by atoms with Crippen LogP contribution < -0.4 is 0 Å². The zero-order chi connectivity index (χ0) is 24.9. The van der Waals surface area contributed by atoms with E-state index in [0.29, 0.717) is 36.4 Å². The topological polar surface area (TPSA) is 57.2 Å². The van der Waals surface area contributed by atoms with E-state index in [-0.39, 0.29) is 17.5 Å². The lowest BCUT2D eigenvalue weighted by atomic mass is 9.42. The summed E-state index contributed by atoms with van der Waals surface area (Å²) in [6, 6.07) is 0. The molecule has 5 nitrogen and oxygen atoms in total. The van der Waals surface area contributed by atoms with Crippen LogP contribution in [0.5, 0.6) is 0 Å². The van der Waals surface area contributed by atoms with Gasteiger partial charge in [0.1, 0.15) is 0 Å². The van der Waals surface area contributed by atoms with Crippen LogP contribution in [-0.2, 0) is 18.9 Å². The molecule has 5 fully saturated rings. The average Bonchev–Trinajstić information content (AvgIpc) is 3.37. The number of hydrogen-bond donors (Lipinski definition) is 1. The highest BCUT2D eigenvalue weighted by Crippen LogP contribution is 2.70. The van der Waals surface area contributed by atoms with Gasteiger partial charge in [-0.15, -0.1) is 0 Å². The molecule has 35 heavy (non-hydrogen) atoms. The first-order valence-electron chi connectivity index (χ1n) is 14.9.